The molecule has 0 atom stereocenters. The highest BCUT2D eigenvalue weighted by atomic mass is 16.5. The van der Waals surface area contributed by atoms with Crippen LogP contribution < -0.4 is 15.1 Å². The molecule has 2 aromatic rings. The lowest BCUT2D eigenvalue weighted by Gasteiger charge is -2.39. The Bertz CT molecular complexity index is 969. The molecule has 7 nitrogen and oxygen atoms in total. The quantitative estimate of drug-likeness (QED) is 0.761. The zero-order chi connectivity index (χ0) is 22.1. The van der Waals surface area contributed by atoms with Gasteiger partial charge < -0.3 is 24.6 Å². The smallest absolute Gasteiger partial charge is 0.230 e. The number of carbonyl (C=O) groups excluding carboxylic acids is 1. The second kappa shape index (κ2) is 9.08. The largest absolute Gasteiger partial charge is 0.381 e. The molecule has 3 heterocycles. The van der Waals surface area contributed by atoms with Gasteiger partial charge in [0.05, 0.1) is 43.3 Å². The molecule has 170 valence electrons. The van der Waals surface area contributed by atoms with Gasteiger partial charge in [0.2, 0.25) is 5.91 Å². The van der Waals surface area contributed by atoms with Crippen LogP contribution in [0.3, 0.4) is 0 Å². The highest BCUT2D eigenvalue weighted by molar-refractivity contribution is 6.00. The average molecular weight is 437 g/mol. The molecule has 1 aliphatic carbocycles. The number of aromatic nitrogens is 1. The summed E-state index contributed by atoms with van der Waals surface area (Å²) < 4.78 is 11.0. The summed E-state index contributed by atoms with van der Waals surface area (Å²) in [6, 6.07) is 10.8. The van der Waals surface area contributed by atoms with Crippen LogP contribution in [0.4, 0.5) is 22.9 Å². The number of anilines is 4. The molecule has 1 N–H and O–H groups in total. The lowest BCUT2D eigenvalue weighted by atomic mass is 9.86. The molecule has 2 fully saturated rings. The molecular weight excluding hydrogens is 404 g/mol. The van der Waals surface area contributed by atoms with Crippen molar-refractivity contribution in [2.45, 2.75) is 51.3 Å². The van der Waals surface area contributed by atoms with Crippen LogP contribution in [0.5, 0.6) is 0 Å². The Balaban J connectivity index is 1.50. The number of amides is 1. The maximum atomic E-state index is 13.8. The van der Waals surface area contributed by atoms with Crippen molar-refractivity contribution in [3.05, 3.63) is 42.1 Å². The SMILES string of the molecule is CCN(c1ccc2c(c1)N(C(=O)C1CCC(OC)CC1)Cc1cccnc1N2)C1COC1. The minimum atomic E-state index is 0.0263. The third-order valence-electron chi connectivity index (χ3n) is 7.10. The summed E-state index contributed by atoms with van der Waals surface area (Å²) in [5, 5.41) is 3.48. The normalized spacial score (nSPS) is 22.8. The number of ether oxygens (including phenoxy) is 2. The van der Waals surface area contributed by atoms with E-state index < -0.39 is 0 Å². The lowest BCUT2D eigenvalue weighted by Crippen LogP contribution is -2.49. The summed E-state index contributed by atoms with van der Waals surface area (Å²) in [7, 11) is 1.77. The van der Waals surface area contributed by atoms with Crippen molar-refractivity contribution in [2.24, 2.45) is 5.92 Å². The highest BCUT2D eigenvalue weighted by Gasteiger charge is 2.34. The first-order valence-electron chi connectivity index (χ1n) is 11.7. The predicted octanol–water partition coefficient (Wildman–Crippen LogP) is 4.10. The monoisotopic (exact) mass is 436 g/mol. The first-order valence-corrected chi connectivity index (χ1v) is 11.7. The Morgan fingerprint density at radius 2 is 2.06 bits per heavy atom. The van der Waals surface area contributed by atoms with E-state index in [0.29, 0.717) is 12.6 Å². The zero-order valence-corrected chi connectivity index (χ0v) is 18.9. The third-order valence-corrected chi connectivity index (χ3v) is 7.10. The van der Waals surface area contributed by atoms with Gasteiger partial charge in [0.25, 0.3) is 0 Å². The molecule has 32 heavy (non-hydrogen) atoms. The van der Waals surface area contributed by atoms with Crippen LogP contribution in [0.1, 0.15) is 38.2 Å². The van der Waals surface area contributed by atoms with Crippen molar-refractivity contribution in [1.29, 1.82) is 0 Å². The fourth-order valence-electron chi connectivity index (χ4n) is 5.11. The zero-order valence-electron chi connectivity index (χ0n) is 18.9. The Labute approximate surface area is 189 Å². The number of rotatable bonds is 5. The molecule has 1 aromatic carbocycles. The van der Waals surface area contributed by atoms with Crippen LogP contribution >= 0.6 is 0 Å². The minimum Gasteiger partial charge on any atom is -0.381 e. The van der Waals surface area contributed by atoms with Crippen molar-refractivity contribution >= 4 is 28.8 Å². The van der Waals surface area contributed by atoms with Gasteiger partial charge in [-0.05, 0) is 56.9 Å². The van der Waals surface area contributed by atoms with Gasteiger partial charge in [-0.3, -0.25) is 4.79 Å². The second-order valence-corrected chi connectivity index (χ2v) is 8.95. The number of hydrogen-bond donors (Lipinski definition) is 1. The van der Waals surface area contributed by atoms with E-state index in [4.69, 9.17) is 9.47 Å². The Hall–Kier alpha value is -2.64. The molecular formula is C25H32N4O3. The molecule has 2 aliphatic heterocycles. The molecule has 1 aromatic heterocycles. The maximum absolute atomic E-state index is 13.8. The first-order chi connectivity index (χ1) is 15.7. The number of carbonyl (C=O) groups is 1. The topological polar surface area (TPSA) is 66.9 Å². The van der Waals surface area contributed by atoms with Crippen LogP contribution in [0.2, 0.25) is 0 Å². The lowest BCUT2D eigenvalue weighted by molar-refractivity contribution is -0.124. The van der Waals surface area contributed by atoms with Crippen LogP contribution in [-0.4, -0.2) is 49.9 Å². The second-order valence-electron chi connectivity index (χ2n) is 8.95. The van der Waals surface area contributed by atoms with E-state index in [-0.39, 0.29) is 17.9 Å². The van der Waals surface area contributed by atoms with E-state index in [0.717, 1.165) is 73.9 Å². The van der Waals surface area contributed by atoms with Crippen LogP contribution in [0, 0.1) is 5.92 Å². The minimum absolute atomic E-state index is 0.0263. The predicted molar refractivity (Wildman–Crippen MR) is 126 cm³/mol. The molecule has 0 bridgehead atoms. The molecule has 1 saturated carbocycles. The van der Waals surface area contributed by atoms with Crippen LogP contribution in [0.25, 0.3) is 0 Å². The number of nitrogens with one attached hydrogen (secondary N) is 1. The molecule has 0 unspecified atom stereocenters. The van der Waals surface area contributed by atoms with E-state index in [1.807, 2.05) is 17.0 Å². The Kier molecular flexibility index (Phi) is 6.02. The van der Waals surface area contributed by atoms with Gasteiger partial charge in [0.1, 0.15) is 5.82 Å². The van der Waals surface area contributed by atoms with Gasteiger partial charge in [0.15, 0.2) is 0 Å². The Morgan fingerprint density at radius 3 is 2.75 bits per heavy atom. The summed E-state index contributed by atoms with van der Waals surface area (Å²) >= 11 is 0. The molecule has 7 heteroatoms. The van der Waals surface area contributed by atoms with Gasteiger partial charge in [-0.15, -0.1) is 0 Å². The van der Waals surface area contributed by atoms with E-state index in [1.54, 1.807) is 13.3 Å². The van der Waals surface area contributed by atoms with Crippen LogP contribution in [-0.2, 0) is 20.8 Å². The maximum Gasteiger partial charge on any atom is 0.230 e. The van der Waals surface area contributed by atoms with E-state index in [9.17, 15) is 4.79 Å². The molecule has 1 amide bonds. The number of methoxy groups -OCH3 is 1. The summed E-state index contributed by atoms with van der Waals surface area (Å²) in [4.78, 5) is 22.7. The van der Waals surface area contributed by atoms with Crippen molar-refractivity contribution in [1.82, 2.24) is 4.98 Å². The van der Waals surface area contributed by atoms with Gasteiger partial charge >= 0.3 is 0 Å². The van der Waals surface area contributed by atoms with E-state index in [2.05, 4.69) is 40.3 Å². The van der Waals surface area contributed by atoms with Crippen molar-refractivity contribution < 1.29 is 14.3 Å². The highest BCUT2D eigenvalue weighted by Crippen LogP contribution is 2.40. The van der Waals surface area contributed by atoms with Crippen LogP contribution in [0.15, 0.2) is 36.5 Å². The molecule has 1 saturated heterocycles. The number of hydrogen-bond acceptors (Lipinski definition) is 6. The standard InChI is InChI=1S/C25H32N4O3/c1-3-28(20-15-32-16-20)19-8-11-22-23(13-19)29(14-18-5-4-12-26-24(18)27-22)25(30)17-6-9-21(31-2)10-7-17/h4-5,8,11-13,17,20-21H,3,6-7,9-10,14-16H2,1-2H3,(H,26,27). The number of likely N-dealkylation sites (N-methyl/N-ethyl adjacent to an activating group) is 1. The van der Waals surface area contributed by atoms with Gasteiger partial charge in [-0.1, -0.05) is 6.07 Å². The first kappa shape index (κ1) is 21.2. The van der Waals surface area contributed by atoms with Crippen molar-refractivity contribution in [3.8, 4) is 0 Å². The van der Waals surface area contributed by atoms with E-state index >= 15 is 0 Å². The summed E-state index contributed by atoms with van der Waals surface area (Å²) in [6.45, 7) is 5.10. The average Bonchev–Trinajstić information content (AvgIpc) is 2.97. The molecule has 5 rings (SSSR count). The fourth-order valence-corrected chi connectivity index (χ4v) is 5.11. The van der Waals surface area contributed by atoms with Gasteiger partial charge in [-0.25, -0.2) is 4.98 Å². The number of nitrogens with zero attached hydrogens (tertiary/aromatic N) is 3. The molecule has 0 radical (unpaired) electrons. The van der Waals surface area contributed by atoms with Gasteiger partial charge in [0, 0.05) is 37.0 Å². The van der Waals surface area contributed by atoms with Gasteiger partial charge in [-0.2, -0.15) is 0 Å². The summed E-state index contributed by atoms with van der Waals surface area (Å²) in [5.74, 6) is 1.05. The summed E-state index contributed by atoms with van der Waals surface area (Å²) in [5.41, 5.74) is 4.01. The fraction of sp³-hybridized carbons (Fsp3) is 0.520. The van der Waals surface area contributed by atoms with Crippen molar-refractivity contribution in [3.63, 3.8) is 0 Å². The van der Waals surface area contributed by atoms with E-state index in [1.165, 1.54) is 0 Å². The third kappa shape index (κ3) is 3.95. The molecule has 3 aliphatic rings. The number of pyridine rings is 1. The van der Waals surface area contributed by atoms with Crippen molar-refractivity contribution in [2.75, 3.05) is 42.0 Å². The number of fused-ring (bicyclic) bond motifs is 2. The Morgan fingerprint density at radius 1 is 1.25 bits per heavy atom. The number of benzene rings is 1. The summed E-state index contributed by atoms with van der Waals surface area (Å²) in [6.07, 6.45) is 5.69. The molecule has 0 spiro atoms.